The highest BCUT2D eigenvalue weighted by Gasteiger charge is 2.23. The van der Waals surface area contributed by atoms with Gasteiger partial charge in [-0.3, -0.25) is 4.79 Å². The lowest BCUT2D eigenvalue weighted by Crippen LogP contribution is -2.20. The summed E-state index contributed by atoms with van der Waals surface area (Å²) in [6.45, 7) is 11.6. The van der Waals surface area contributed by atoms with Crippen LogP contribution in [0.3, 0.4) is 0 Å². The number of carbonyl (C=O) groups excluding carboxylic acids is 1. The average Bonchev–Trinajstić information content (AvgIpc) is 1.82. The monoisotopic (exact) mass is 180 g/mol. The van der Waals surface area contributed by atoms with Crippen molar-refractivity contribution >= 4 is 5.78 Å². The highest BCUT2D eigenvalue weighted by Crippen LogP contribution is 2.25. The number of hydrogen-bond donors (Lipinski definition) is 0. The van der Waals surface area contributed by atoms with Gasteiger partial charge in [-0.05, 0) is 41.5 Å². The van der Waals surface area contributed by atoms with Gasteiger partial charge in [-0.25, -0.2) is 0 Å². The molecule has 0 spiro atoms. The number of ketones is 1. The fraction of sp³-hybridized carbons (Fsp3) is 0.583. The van der Waals surface area contributed by atoms with E-state index in [0.29, 0.717) is 0 Å². The second-order valence-corrected chi connectivity index (χ2v) is 4.28. The smallest absolute Gasteiger partial charge is 0.143 e. The van der Waals surface area contributed by atoms with E-state index in [1.807, 2.05) is 46.8 Å². The number of carbonyl (C=O) groups is 1. The van der Waals surface area contributed by atoms with Crippen LogP contribution in [0.2, 0.25) is 0 Å². The van der Waals surface area contributed by atoms with E-state index in [0.717, 1.165) is 0 Å². The molecule has 0 aromatic carbocycles. The molecule has 0 aliphatic carbocycles. The Kier molecular flexibility index (Phi) is 4.12. The summed E-state index contributed by atoms with van der Waals surface area (Å²) in [7, 11) is 0. The van der Waals surface area contributed by atoms with E-state index in [1.165, 1.54) is 11.1 Å². The summed E-state index contributed by atoms with van der Waals surface area (Å²) in [6, 6.07) is 0. The van der Waals surface area contributed by atoms with E-state index < -0.39 is 5.41 Å². The number of allylic oxidation sites excluding steroid dienone is 4. The van der Waals surface area contributed by atoms with Crippen LogP contribution >= 0.6 is 0 Å². The molecule has 0 N–H and O–H groups in total. The summed E-state index contributed by atoms with van der Waals surface area (Å²) < 4.78 is 0. The van der Waals surface area contributed by atoms with Gasteiger partial charge in [0.1, 0.15) is 5.78 Å². The van der Waals surface area contributed by atoms with E-state index in [-0.39, 0.29) is 5.78 Å². The predicted molar refractivity (Wildman–Crippen MR) is 57.7 cm³/mol. The molecule has 1 heteroatoms. The molecule has 0 aromatic rings. The number of hydrogen-bond acceptors (Lipinski definition) is 1. The predicted octanol–water partition coefficient (Wildman–Crippen LogP) is 3.51. The lowest BCUT2D eigenvalue weighted by molar-refractivity contribution is -0.121. The zero-order valence-electron chi connectivity index (χ0n) is 9.56. The minimum atomic E-state index is -0.419. The second kappa shape index (κ2) is 4.40. The minimum Gasteiger partial charge on any atom is -0.299 e. The molecule has 1 nitrogen and oxygen atoms in total. The van der Waals surface area contributed by atoms with Crippen molar-refractivity contribution in [3.8, 4) is 0 Å². The molecule has 0 aliphatic heterocycles. The molecule has 0 heterocycles. The van der Waals surface area contributed by atoms with E-state index in [2.05, 4.69) is 0 Å². The Labute approximate surface area is 81.5 Å². The first-order valence-corrected chi connectivity index (χ1v) is 4.61. The van der Waals surface area contributed by atoms with Crippen LogP contribution in [0.5, 0.6) is 0 Å². The SMILES string of the molecule is CC(=O)C(C)(C=C(C)C)C=C(C)C. The highest BCUT2D eigenvalue weighted by molar-refractivity contribution is 5.86. The number of Topliss-reactive ketones (excluding diaryl/α,β-unsaturated/α-hetero) is 1. The minimum absolute atomic E-state index is 0.190. The fourth-order valence-corrected chi connectivity index (χ4v) is 1.44. The molecule has 0 fully saturated rings. The van der Waals surface area contributed by atoms with Gasteiger partial charge in [-0.1, -0.05) is 23.3 Å². The van der Waals surface area contributed by atoms with E-state index >= 15 is 0 Å². The summed E-state index contributed by atoms with van der Waals surface area (Å²) >= 11 is 0. The molecule has 0 amide bonds. The third kappa shape index (κ3) is 4.07. The largest absolute Gasteiger partial charge is 0.299 e. The first kappa shape index (κ1) is 12.2. The molecule has 0 bridgehead atoms. The van der Waals surface area contributed by atoms with Crippen molar-refractivity contribution in [3.63, 3.8) is 0 Å². The first-order chi connectivity index (χ1) is 5.78. The van der Waals surface area contributed by atoms with Crippen molar-refractivity contribution in [1.29, 1.82) is 0 Å². The standard InChI is InChI=1S/C12H20O/c1-9(2)7-12(6,11(5)13)8-10(3)4/h7-8H,1-6H3. The van der Waals surface area contributed by atoms with Crippen molar-refractivity contribution in [1.82, 2.24) is 0 Å². The van der Waals surface area contributed by atoms with Gasteiger partial charge in [0.15, 0.2) is 0 Å². The lowest BCUT2D eigenvalue weighted by Gasteiger charge is -2.19. The molecule has 0 aromatic heterocycles. The molecular weight excluding hydrogens is 160 g/mol. The van der Waals surface area contributed by atoms with Crippen LogP contribution in [0.1, 0.15) is 41.5 Å². The third-order valence-corrected chi connectivity index (χ3v) is 1.94. The molecule has 0 saturated carbocycles. The fourth-order valence-electron chi connectivity index (χ4n) is 1.44. The van der Waals surface area contributed by atoms with Gasteiger partial charge >= 0.3 is 0 Å². The summed E-state index contributed by atoms with van der Waals surface area (Å²) in [4.78, 5) is 11.4. The van der Waals surface area contributed by atoms with Crippen LogP contribution in [0.15, 0.2) is 23.3 Å². The summed E-state index contributed by atoms with van der Waals surface area (Å²) in [5.41, 5.74) is 1.93. The van der Waals surface area contributed by atoms with Crippen LogP contribution in [0, 0.1) is 5.41 Å². The maximum atomic E-state index is 11.4. The van der Waals surface area contributed by atoms with Gasteiger partial charge in [0.2, 0.25) is 0 Å². The molecule has 74 valence electrons. The van der Waals surface area contributed by atoms with Crippen molar-refractivity contribution < 1.29 is 4.79 Å². The van der Waals surface area contributed by atoms with Gasteiger partial charge in [0.05, 0.1) is 5.41 Å². The lowest BCUT2D eigenvalue weighted by atomic mass is 9.83. The van der Waals surface area contributed by atoms with Gasteiger partial charge < -0.3 is 0 Å². The Morgan fingerprint density at radius 2 is 1.23 bits per heavy atom. The zero-order chi connectivity index (χ0) is 10.6. The van der Waals surface area contributed by atoms with Crippen molar-refractivity contribution in [3.05, 3.63) is 23.3 Å². The van der Waals surface area contributed by atoms with Crippen LogP contribution in [-0.2, 0) is 4.79 Å². The maximum Gasteiger partial charge on any atom is 0.143 e. The van der Waals surface area contributed by atoms with Crippen LogP contribution in [0.25, 0.3) is 0 Å². The Morgan fingerprint density at radius 3 is 1.38 bits per heavy atom. The van der Waals surface area contributed by atoms with Crippen LogP contribution < -0.4 is 0 Å². The summed E-state index contributed by atoms with van der Waals surface area (Å²) in [6.07, 6.45) is 4.03. The Morgan fingerprint density at radius 1 is 0.923 bits per heavy atom. The quantitative estimate of drug-likeness (QED) is 0.607. The molecule has 0 unspecified atom stereocenters. The Hall–Kier alpha value is -0.850. The Bertz CT molecular complexity index is 230. The van der Waals surface area contributed by atoms with E-state index in [1.54, 1.807) is 6.92 Å². The molecule has 13 heavy (non-hydrogen) atoms. The summed E-state index contributed by atoms with van der Waals surface area (Å²) in [5, 5.41) is 0. The zero-order valence-corrected chi connectivity index (χ0v) is 9.56. The van der Waals surface area contributed by atoms with Crippen LogP contribution in [-0.4, -0.2) is 5.78 Å². The molecule has 0 saturated heterocycles. The van der Waals surface area contributed by atoms with Crippen molar-refractivity contribution in [2.75, 3.05) is 0 Å². The van der Waals surface area contributed by atoms with Gasteiger partial charge in [-0.2, -0.15) is 0 Å². The van der Waals surface area contributed by atoms with Gasteiger partial charge in [-0.15, -0.1) is 0 Å². The normalized spacial score (nSPS) is 10.6. The maximum absolute atomic E-state index is 11.4. The molecule has 0 aliphatic rings. The second-order valence-electron chi connectivity index (χ2n) is 4.28. The molecule has 0 radical (unpaired) electrons. The van der Waals surface area contributed by atoms with Crippen LogP contribution in [0.4, 0.5) is 0 Å². The van der Waals surface area contributed by atoms with Gasteiger partial charge in [0.25, 0.3) is 0 Å². The average molecular weight is 180 g/mol. The van der Waals surface area contributed by atoms with Crippen molar-refractivity contribution in [2.24, 2.45) is 5.41 Å². The van der Waals surface area contributed by atoms with Gasteiger partial charge in [0, 0.05) is 0 Å². The highest BCUT2D eigenvalue weighted by atomic mass is 16.1. The van der Waals surface area contributed by atoms with E-state index in [4.69, 9.17) is 0 Å². The van der Waals surface area contributed by atoms with Crippen molar-refractivity contribution in [2.45, 2.75) is 41.5 Å². The third-order valence-electron chi connectivity index (χ3n) is 1.94. The Balaban J connectivity index is 5.09. The number of rotatable bonds is 3. The van der Waals surface area contributed by atoms with E-state index in [9.17, 15) is 4.79 Å². The first-order valence-electron chi connectivity index (χ1n) is 4.61. The topological polar surface area (TPSA) is 17.1 Å². The molecular formula is C12H20O. The summed E-state index contributed by atoms with van der Waals surface area (Å²) in [5.74, 6) is 0.190. The molecule has 0 atom stereocenters. The molecule has 0 rings (SSSR count).